The second kappa shape index (κ2) is 6.06. The molecule has 0 atom stereocenters. The van der Waals surface area contributed by atoms with Crippen LogP contribution >= 0.6 is 0 Å². The Labute approximate surface area is 118 Å². The number of para-hydroxylation sites is 1. The van der Waals surface area contributed by atoms with Gasteiger partial charge in [-0.05, 0) is 42.3 Å². The number of carbonyl (C=O) groups is 1. The normalized spacial score (nSPS) is 10.7. The molecule has 0 radical (unpaired) electrons. The van der Waals surface area contributed by atoms with E-state index in [1.807, 2.05) is 56.4 Å². The van der Waals surface area contributed by atoms with Crippen LogP contribution in [0.3, 0.4) is 0 Å². The van der Waals surface area contributed by atoms with E-state index in [9.17, 15) is 4.79 Å². The Hall–Kier alpha value is -2.55. The molecule has 3 heteroatoms. The van der Waals surface area contributed by atoms with E-state index in [1.165, 1.54) is 5.56 Å². The molecule has 0 amide bonds. The van der Waals surface area contributed by atoms with E-state index in [-0.39, 0.29) is 0 Å². The van der Waals surface area contributed by atoms with Gasteiger partial charge in [0.2, 0.25) is 0 Å². The van der Waals surface area contributed by atoms with Crippen LogP contribution in [0.5, 0.6) is 0 Å². The van der Waals surface area contributed by atoms with Crippen LogP contribution in [0, 0.1) is 6.92 Å². The number of carboxylic acids is 1. The Bertz CT molecular complexity index is 647. The van der Waals surface area contributed by atoms with Gasteiger partial charge >= 0.3 is 5.97 Å². The Morgan fingerprint density at radius 2 is 1.90 bits per heavy atom. The lowest BCUT2D eigenvalue weighted by atomic mass is 10.1. The molecule has 0 saturated heterocycles. The average Bonchev–Trinajstić information content (AvgIpc) is 2.44. The number of hydrogen-bond acceptors (Lipinski definition) is 2. The molecule has 0 aliphatic heterocycles. The highest BCUT2D eigenvalue weighted by Crippen LogP contribution is 2.28. The number of hydrogen-bond donors (Lipinski definition) is 1. The topological polar surface area (TPSA) is 40.5 Å². The Morgan fingerprint density at radius 3 is 2.60 bits per heavy atom. The zero-order chi connectivity index (χ0) is 14.5. The van der Waals surface area contributed by atoms with E-state index < -0.39 is 5.97 Å². The van der Waals surface area contributed by atoms with Crippen LogP contribution in [0.1, 0.15) is 11.1 Å². The summed E-state index contributed by atoms with van der Waals surface area (Å²) in [5, 5.41) is 8.76. The first kappa shape index (κ1) is 13.9. The number of rotatable bonds is 4. The minimum absolute atomic E-state index is 0.874. The molecule has 2 aromatic carbocycles. The maximum absolute atomic E-state index is 10.7. The van der Waals surface area contributed by atoms with Gasteiger partial charge in [-0.25, -0.2) is 4.79 Å². The molecule has 0 heterocycles. The first-order valence-electron chi connectivity index (χ1n) is 6.38. The summed E-state index contributed by atoms with van der Waals surface area (Å²) in [5.74, 6) is -0.946. The van der Waals surface area contributed by atoms with Crippen LogP contribution in [0.15, 0.2) is 54.6 Å². The predicted octanol–water partition coefficient (Wildman–Crippen LogP) is 3.86. The fourth-order valence-electron chi connectivity index (χ4n) is 2.07. The summed E-state index contributed by atoms with van der Waals surface area (Å²) in [6.45, 7) is 2.05. The third-order valence-electron chi connectivity index (χ3n) is 3.09. The summed E-state index contributed by atoms with van der Waals surface area (Å²) in [4.78, 5) is 12.7. The second-order valence-corrected chi connectivity index (χ2v) is 4.63. The summed E-state index contributed by atoms with van der Waals surface area (Å²) < 4.78 is 0. The number of aliphatic carboxylic acids is 1. The smallest absolute Gasteiger partial charge is 0.328 e. The molecule has 0 saturated carbocycles. The summed E-state index contributed by atoms with van der Waals surface area (Å²) in [6.07, 6.45) is 2.77. The van der Waals surface area contributed by atoms with Crippen LogP contribution < -0.4 is 4.90 Å². The van der Waals surface area contributed by atoms with Gasteiger partial charge in [-0.1, -0.05) is 30.3 Å². The van der Waals surface area contributed by atoms with Gasteiger partial charge < -0.3 is 10.0 Å². The van der Waals surface area contributed by atoms with Crippen molar-refractivity contribution in [2.75, 3.05) is 11.9 Å². The first-order chi connectivity index (χ1) is 9.58. The molecule has 2 rings (SSSR count). The minimum atomic E-state index is -0.946. The maximum atomic E-state index is 10.7. The van der Waals surface area contributed by atoms with E-state index >= 15 is 0 Å². The highest BCUT2D eigenvalue weighted by atomic mass is 16.4. The predicted molar refractivity (Wildman–Crippen MR) is 82.4 cm³/mol. The quantitative estimate of drug-likeness (QED) is 0.855. The van der Waals surface area contributed by atoms with Crippen LogP contribution in [0.2, 0.25) is 0 Å². The molecule has 3 nitrogen and oxygen atoms in total. The molecule has 20 heavy (non-hydrogen) atoms. The van der Waals surface area contributed by atoms with E-state index in [2.05, 4.69) is 11.0 Å². The van der Waals surface area contributed by atoms with Gasteiger partial charge in [0.1, 0.15) is 0 Å². The Kier molecular flexibility index (Phi) is 4.20. The zero-order valence-corrected chi connectivity index (χ0v) is 11.6. The van der Waals surface area contributed by atoms with Crippen LogP contribution in [0.25, 0.3) is 6.08 Å². The number of carboxylic acid groups (broad SMARTS) is 1. The molecule has 0 unspecified atom stereocenters. The highest BCUT2D eigenvalue weighted by Gasteiger charge is 2.07. The van der Waals surface area contributed by atoms with Crippen molar-refractivity contribution in [1.82, 2.24) is 0 Å². The lowest BCUT2D eigenvalue weighted by Gasteiger charge is -2.22. The standard InChI is InChI=1S/C17H17NO2/c1-13-6-5-8-15(12-13)18(2)16-9-4-3-7-14(16)10-11-17(19)20/h3-12H,1-2H3,(H,19,20). The van der Waals surface area contributed by atoms with E-state index in [1.54, 1.807) is 6.08 Å². The molecular formula is C17H17NO2. The molecule has 2 aromatic rings. The van der Waals surface area contributed by atoms with Crippen molar-refractivity contribution in [2.24, 2.45) is 0 Å². The molecule has 1 N–H and O–H groups in total. The molecule has 0 fully saturated rings. The third kappa shape index (κ3) is 3.26. The summed E-state index contributed by atoms with van der Waals surface area (Å²) in [5.41, 5.74) is 4.10. The largest absolute Gasteiger partial charge is 0.478 e. The summed E-state index contributed by atoms with van der Waals surface area (Å²) >= 11 is 0. The molecule has 0 aliphatic carbocycles. The highest BCUT2D eigenvalue weighted by molar-refractivity contribution is 5.87. The van der Waals surface area contributed by atoms with E-state index in [0.717, 1.165) is 23.0 Å². The fraction of sp³-hybridized carbons (Fsp3) is 0.118. The summed E-state index contributed by atoms with van der Waals surface area (Å²) in [7, 11) is 1.97. The maximum Gasteiger partial charge on any atom is 0.328 e. The number of aryl methyl sites for hydroxylation is 1. The molecule has 0 aromatic heterocycles. The average molecular weight is 267 g/mol. The van der Waals surface area contributed by atoms with Crippen molar-refractivity contribution < 1.29 is 9.90 Å². The molecule has 102 valence electrons. The Balaban J connectivity index is 2.39. The fourth-order valence-corrected chi connectivity index (χ4v) is 2.07. The number of nitrogens with zero attached hydrogens (tertiary/aromatic N) is 1. The van der Waals surface area contributed by atoms with Crippen molar-refractivity contribution >= 4 is 23.4 Å². The van der Waals surface area contributed by atoms with Gasteiger partial charge in [0.05, 0.1) is 0 Å². The van der Waals surface area contributed by atoms with Gasteiger partial charge in [-0.3, -0.25) is 0 Å². The van der Waals surface area contributed by atoms with Crippen LogP contribution in [-0.4, -0.2) is 18.1 Å². The van der Waals surface area contributed by atoms with Gasteiger partial charge in [0.25, 0.3) is 0 Å². The van der Waals surface area contributed by atoms with Crippen molar-refractivity contribution in [2.45, 2.75) is 6.92 Å². The molecule has 0 aliphatic rings. The van der Waals surface area contributed by atoms with Crippen molar-refractivity contribution in [3.05, 3.63) is 65.7 Å². The van der Waals surface area contributed by atoms with E-state index in [0.29, 0.717) is 0 Å². The third-order valence-corrected chi connectivity index (χ3v) is 3.09. The molecule has 0 bridgehead atoms. The SMILES string of the molecule is Cc1cccc(N(C)c2ccccc2C=CC(=O)O)c1. The summed E-state index contributed by atoms with van der Waals surface area (Å²) in [6, 6.07) is 15.9. The van der Waals surface area contributed by atoms with Gasteiger partial charge in [-0.15, -0.1) is 0 Å². The zero-order valence-electron chi connectivity index (χ0n) is 11.6. The number of anilines is 2. The lowest BCUT2D eigenvalue weighted by Crippen LogP contribution is -2.10. The molecule has 0 spiro atoms. The first-order valence-corrected chi connectivity index (χ1v) is 6.38. The monoisotopic (exact) mass is 267 g/mol. The Morgan fingerprint density at radius 1 is 1.15 bits per heavy atom. The lowest BCUT2D eigenvalue weighted by molar-refractivity contribution is -0.131. The second-order valence-electron chi connectivity index (χ2n) is 4.63. The van der Waals surface area contributed by atoms with Crippen molar-refractivity contribution in [3.8, 4) is 0 Å². The van der Waals surface area contributed by atoms with Crippen LogP contribution in [-0.2, 0) is 4.79 Å². The molecular weight excluding hydrogens is 250 g/mol. The van der Waals surface area contributed by atoms with Gasteiger partial charge in [0, 0.05) is 24.5 Å². The van der Waals surface area contributed by atoms with Crippen molar-refractivity contribution in [3.63, 3.8) is 0 Å². The van der Waals surface area contributed by atoms with Crippen molar-refractivity contribution in [1.29, 1.82) is 0 Å². The van der Waals surface area contributed by atoms with Crippen LogP contribution in [0.4, 0.5) is 11.4 Å². The number of benzene rings is 2. The van der Waals surface area contributed by atoms with E-state index in [4.69, 9.17) is 5.11 Å². The van der Waals surface area contributed by atoms with Gasteiger partial charge in [0.15, 0.2) is 0 Å². The van der Waals surface area contributed by atoms with Gasteiger partial charge in [-0.2, -0.15) is 0 Å². The minimum Gasteiger partial charge on any atom is -0.478 e.